The Morgan fingerprint density at radius 3 is 2.57 bits per heavy atom. The van der Waals surface area contributed by atoms with Crippen LogP contribution in [-0.2, 0) is 15.6 Å². The van der Waals surface area contributed by atoms with E-state index in [-0.39, 0.29) is 17.3 Å². The number of benzene rings is 1. The first-order valence-electron chi connectivity index (χ1n) is 4.09. The maximum absolute atomic E-state index is 12.7. The number of sulfone groups is 1. The zero-order chi connectivity index (χ0) is 10.8. The smallest absolute Gasteiger partial charge is 0.154 e. The van der Waals surface area contributed by atoms with Crippen molar-refractivity contribution >= 4 is 25.8 Å². The molecule has 0 unspecified atom stereocenters. The normalized spacial score (nSPS) is 11.6. The van der Waals surface area contributed by atoms with E-state index >= 15 is 0 Å². The highest BCUT2D eigenvalue weighted by Gasteiger charge is 2.11. The lowest BCUT2D eigenvalue weighted by Gasteiger charge is -2.04. The van der Waals surface area contributed by atoms with Gasteiger partial charge in [0.1, 0.15) is 5.82 Å². The molecule has 0 saturated heterocycles. The Kier molecular flexibility index (Phi) is 3.66. The van der Waals surface area contributed by atoms with Crippen molar-refractivity contribution in [3.63, 3.8) is 0 Å². The fourth-order valence-corrected chi connectivity index (χ4v) is 2.58. The quantitative estimate of drug-likeness (QED) is 0.853. The van der Waals surface area contributed by atoms with Gasteiger partial charge in [-0.25, -0.2) is 12.8 Å². The second-order valence-electron chi connectivity index (χ2n) is 2.91. The molecule has 78 valence electrons. The zero-order valence-electron chi connectivity index (χ0n) is 7.63. The molecule has 0 fully saturated rings. The van der Waals surface area contributed by atoms with E-state index in [1.54, 1.807) is 6.92 Å². The average Bonchev–Trinajstić information content (AvgIpc) is 2.10. The van der Waals surface area contributed by atoms with Crippen molar-refractivity contribution in [1.82, 2.24) is 0 Å². The molecule has 0 bridgehead atoms. The van der Waals surface area contributed by atoms with Crippen LogP contribution in [0.15, 0.2) is 22.7 Å². The Balaban J connectivity index is 2.99. The Morgan fingerprint density at radius 2 is 2.07 bits per heavy atom. The van der Waals surface area contributed by atoms with Crippen LogP contribution in [0.5, 0.6) is 0 Å². The molecule has 2 nitrogen and oxygen atoms in total. The van der Waals surface area contributed by atoms with Gasteiger partial charge in [0.2, 0.25) is 0 Å². The fraction of sp³-hybridized carbons (Fsp3) is 0.333. The van der Waals surface area contributed by atoms with Gasteiger partial charge in [-0.1, -0.05) is 28.9 Å². The van der Waals surface area contributed by atoms with Crippen LogP contribution < -0.4 is 0 Å². The van der Waals surface area contributed by atoms with Gasteiger partial charge >= 0.3 is 0 Å². The van der Waals surface area contributed by atoms with Crippen molar-refractivity contribution in [2.45, 2.75) is 12.7 Å². The van der Waals surface area contributed by atoms with Gasteiger partial charge in [-0.2, -0.15) is 0 Å². The molecule has 0 spiro atoms. The van der Waals surface area contributed by atoms with Crippen LogP contribution in [0.3, 0.4) is 0 Å². The van der Waals surface area contributed by atoms with E-state index in [2.05, 4.69) is 15.9 Å². The standard InChI is InChI=1S/C9H10BrFO2S/c1-2-14(12,13)6-7-3-4-8(11)5-9(7)10/h3-5H,2,6H2,1H3. The largest absolute Gasteiger partial charge is 0.229 e. The van der Waals surface area contributed by atoms with Gasteiger partial charge < -0.3 is 0 Å². The molecular formula is C9H10BrFO2S. The molecule has 0 aliphatic carbocycles. The molecule has 0 amide bonds. The van der Waals surface area contributed by atoms with Crippen LogP contribution in [0.25, 0.3) is 0 Å². The van der Waals surface area contributed by atoms with E-state index in [1.807, 2.05) is 0 Å². The maximum atomic E-state index is 12.7. The van der Waals surface area contributed by atoms with Crippen molar-refractivity contribution in [2.75, 3.05) is 5.75 Å². The number of hydrogen-bond donors (Lipinski definition) is 0. The molecule has 1 rings (SSSR count). The van der Waals surface area contributed by atoms with E-state index < -0.39 is 9.84 Å². The van der Waals surface area contributed by atoms with E-state index in [0.29, 0.717) is 10.0 Å². The number of rotatable bonds is 3. The highest BCUT2D eigenvalue weighted by atomic mass is 79.9. The van der Waals surface area contributed by atoms with Crippen LogP contribution in [0.4, 0.5) is 4.39 Å². The predicted octanol–water partition coefficient (Wildman–Crippen LogP) is 2.52. The van der Waals surface area contributed by atoms with Gasteiger partial charge in [0.15, 0.2) is 9.84 Å². The Bertz CT molecular complexity index is 428. The third-order valence-corrected chi connectivity index (χ3v) is 4.20. The summed E-state index contributed by atoms with van der Waals surface area (Å²) in [5, 5.41) is 0. The van der Waals surface area contributed by atoms with Crippen LogP contribution in [0.2, 0.25) is 0 Å². The van der Waals surface area contributed by atoms with Crippen molar-refractivity contribution in [3.8, 4) is 0 Å². The second kappa shape index (κ2) is 4.40. The third-order valence-electron chi connectivity index (χ3n) is 1.83. The van der Waals surface area contributed by atoms with Gasteiger partial charge in [0, 0.05) is 10.2 Å². The summed E-state index contributed by atoms with van der Waals surface area (Å²) in [6, 6.07) is 4.00. The average molecular weight is 281 g/mol. The highest BCUT2D eigenvalue weighted by Crippen LogP contribution is 2.20. The summed E-state index contributed by atoms with van der Waals surface area (Å²) in [5.74, 6) is -0.337. The number of halogens is 2. The van der Waals surface area contributed by atoms with Crippen molar-refractivity contribution in [1.29, 1.82) is 0 Å². The summed E-state index contributed by atoms with van der Waals surface area (Å²) < 4.78 is 35.8. The molecule has 0 atom stereocenters. The molecule has 1 aromatic rings. The SMILES string of the molecule is CCS(=O)(=O)Cc1ccc(F)cc1Br. The molecule has 0 aromatic heterocycles. The molecule has 0 radical (unpaired) electrons. The van der Waals surface area contributed by atoms with Gasteiger partial charge in [-0.15, -0.1) is 0 Å². The van der Waals surface area contributed by atoms with Crippen molar-refractivity contribution < 1.29 is 12.8 Å². The summed E-state index contributed by atoms with van der Waals surface area (Å²) in [4.78, 5) is 0. The topological polar surface area (TPSA) is 34.1 Å². The summed E-state index contributed by atoms with van der Waals surface area (Å²) in [6.07, 6.45) is 0. The minimum absolute atomic E-state index is 0.0512. The van der Waals surface area contributed by atoms with Gasteiger partial charge in [0.25, 0.3) is 0 Å². The second-order valence-corrected chi connectivity index (χ2v) is 6.12. The van der Waals surface area contributed by atoms with Crippen molar-refractivity contribution in [3.05, 3.63) is 34.1 Å². The van der Waals surface area contributed by atoms with Crippen molar-refractivity contribution in [2.24, 2.45) is 0 Å². The molecule has 0 aliphatic heterocycles. The summed E-state index contributed by atoms with van der Waals surface area (Å²) in [6.45, 7) is 1.59. The molecule has 0 heterocycles. The molecular weight excluding hydrogens is 271 g/mol. The minimum atomic E-state index is -3.06. The molecule has 0 saturated carbocycles. The summed E-state index contributed by atoms with van der Waals surface area (Å²) in [5.41, 5.74) is 0.591. The van der Waals surface area contributed by atoms with E-state index in [1.165, 1.54) is 18.2 Å². The molecule has 5 heteroatoms. The van der Waals surface area contributed by atoms with E-state index in [0.717, 1.165) is 0 Å². The zero-order valence-corrected chi connectivity index (χ0v) is 10.0. The Hall–Kier alpha value is -0.420. The summed E-state index contributed by atoms with van der Waals surface area (Å²) in [7, 11) is -3.06. The van der Waals surface area contributed by atoms with Crippen LogP contribution in [0, 0.1) is 5.82 Å². The van der Waals surface area contributed by atoms with Crippen LogP contribution in [-0.4, -0.2) is 14.2 Å². The first-order chi connectivity index (χ1) is 6.44. The summed E-state index contributed by atoms with van der Waals surface area (Å²) >= 11 is 3.12. The Morgan fingerprint density at radius 1 is 1.43 bits per heavy atom. The third kappa shape index (κ3) is 3.06. The van der Waals surface area contributed by atoms with E-state index in [4.69, 9.17) is 0 Å². The van der Waals surface area contributed by atoms with E-state index in [9.17, 15) is 12.8 Å². The predicted molar refractivity (Wildman–Crippen MR) is 57.3 cm³/mol. The Labute approximate surface area is 91.2 Å². The lowest BCUT2D eigenvalue weighted by Crippen LogP contribution is -2.07. The fourth-order valence-electron chi connectivity index (χ4n) is 0.978. The molecule has 14 heavy (non-hydrogen) atoms. The molecule has 0 aliphatic rings. The monoisotopic (exact) mass is 280 g/mol. The molecule has 1 aromatic carbocycles. The first kappa shape index (κ1) is 11.7. The molecule has 0 N–H and O–H groups in total. The lowest BCUT2D eigenvalue weighted by molar-refractivity contribution is 0.596. The maximum Gasteiger partial charge on any atom is 0.154 e. The number of hydrogen-bond acceptors (Lipinski definition) is 2. The van der Waals surface area contributed by atoms with Gasteiger partial charge in [-0.05, 0) is 17.7 Å². The van der Waals surface area contributed by atoms with Crippen LogP contribution in [0.1, 0.15) is 12.5 Å². The lowest BCUT2D eigenvalue weighted by atomic mass is 10.2. The minimum Gasteiger partial charge on any atom is -0.229 e. The van der Waals surface area contributed by atoms with Crippen LogP contribution >= 0.6 is 15.9 Å². The highest BCUT2D eigenvalue weighted by molar-refractivity contribution is 9.10. The first-order valence-corrected chi connectivity index (χ1v) is 6.70. The van der Waals surface area contributed by atoms with Gasteiger partial charge in [-0.3, -0.25) is 0 Å². The van der Waals surface area contributed by atoms with Gasteiger partial charge in [0.05, 0.1) is 5.75 Å².